The monoisotopic (exact) mass is 370 g/mol. The SMILES string of the molecule is CCC(O)(CC)C(=O)c1ccc(Oc2ccc(C(=O)C(C)(C)O)cc2)cc1. The minimum atomic E-state index is -1.43. The van der Waals surface area contributed by atoms with Gasteiger partial charge in [0, 0.05) is 11.1 Å². The molecule has 0 aromatic heterocycles. The molecule has 144 valence electrons. The molecule has 2 aromatic carbocycles. The molecule has 0 aliphatic carbocycles. The van der Waals surface area contributed by atoms with Crippen molar-refractivity contribution in [3.05, 3.63) is 59.7 Å². The first-order chi connectivity index (χ1) is 12.6. The van der Waals surface area contributed by atoms with E-state index < -0.39 is 11.2 Å². The normalized spacial score (nSPS) is 11.9. The summed E-state index contributed by atoms with van der Waals surface area (Å²) < 4.78 is 5.72. The first-order valence-corrected chi connectivity index (χ1v) is 9.03. The maximum atomic E-state index is 12.4. The van der Waals surface area contributed by atoms with Gasteiger partial charge in [-0.3, -0.25) is 9.59 Å². The molecule has 5 heteroatoms. The van der Waals surface area contributed by atoms with Gasteiger partial charge in [-0.25, -0.2) is 0 Å². The molecule has 27 heavy (non-hydrogen) atoms. The fraction of sp³-hybridized carbons (Fsp3) is 0.364. The molecule has 0 saturated carbocycles. The number of benzene rings is 2. The first-order valence-electron chi connectivity index (χ1n) is 9.03. The van der Waals surface area contributed by atoms with E-state index >= 15 is 0 Å². The maximum absolute atomic E-state index is 12.4. The Kier molecular flexibility index (Phi) is 6.19. The fourth-order valence-electron chi connectivity index (χ4n) is 2.68. The van der Waals surface area contributed by atoms with Gasteiger partial charge in [-0.2, -0.15) is 0 Å². The van der Waals surface area contributed by atoms with Crippen LogP contribution >= 0.6 is 0 Å². The Balaban J connectivity index is 2.11. The summed E-state index contributed by atoms with van der Waals surface area (Å²) in [5.74, 6) is 0.398. The van der Waals surface area contributed by atoms with Crippen molar-refractivity contribution in [3.8, 4) is 11.5 Å². The summed E-state index contributed by atoms with van der Waals surface area (Å²) in [5, 5.41) is 20.1. The van der Waals surface area contributed by atoms with Crippen molar-refractivity contribution >= 4 is 11.6 Å². The number of Topliss-reactive ketones (excluding diaryl/α,β-unsaturated/α-hetero) is 2. The van der Waals surface area contributed by atoms with Gasteiger partial charge in [0.2, 0.25) is 0 Å². The lowest BCUT2D eigenvalue weighted by molar-refractivity contribution is 0.0277. The van der Waals surface area contributed by atoms with Crippen LogP contribution in [0.15, 0.2) is 48.5 Å². The first kappa shape index (κ1) is 20.8. The van der Waals surface area contributed by atoms with Crippen LogP contribution in [0.5, 0.6) is 11.5 Å². The van der Waals surface area contributed by atoms with Crippen LogP contribution in [0, 0.1) is 0 Å². The summed E-state index contributed by atoms with van der Waals surface area (Å²) in [6.07, 6.45) is 0.715. The number of ether oxygens (including phenoxy) is 1. The highest BCUT2D eigenvalue weighted by atomic mass is 16.5. The largest absolute Gasteiger partial charge is 0.457 e. The van der Waals surface area contributed by atoms with Crippen LogP contribution in [-0.4, -0.2) is 33.0 Å². The van der Waals surface area contributed by atoms with Crippen LogP contribution in [-0.2, 0) is 0 Å². The van der Waals surface area contributed by atoms with Gasteiger partial charge in [-0.05, 0) is 75.2 Å². The number of aliphatic hydroxyl groups is 2. The summed E-state index contributed by atoms with van der Waals surface area (Å²) in [6, 6.07) is 13.0. The van der Waals surface area contributed by atoms with E-state index in [0.717, 1.165) is 0 Å². The highest BCUT2D eigenvalue weighted by molar-refractivity contribution is 6.02. The Morgan fingerprint density at radius 2 is 1.15 bits per heavy atom. The third-order valence-corrected chi connectivity index (χ3v) is 4.62. The summed E-state index contributed by atoms with van der Waals surface area (Å²) in [4.78, 5) is 24.5. The second kappa shape index (κ2) is 8.03. The van der Waals surface area contributed by atoms with Crippen molar-refractivity contribution in [2.45, 2.75) is 51.7 Å². The Labute approximate surface area is 159 Å². The summed E-state index contributed by atoms with van der Waals surface area (Å²) >= 11 is 0. The van der Waals surface area contributed by atoms with Gasteiger partial charge in [0.1, 0.15) is 22.7 Å². The molecule has 0 radical (unpaired) electrons. The van der Waals surface area contributed by atoms with E-state index in [4.69, 9.17) is 4.74 Å². The van der Waals surface area contributed by atoms with Gasteiger partial charge in [-0.1, -0.05) is 13.8 Å². The molecule has 0 saturated heterocycles. The molecule has 0 bridgehead atoms. The van der Waals surface area contributed by atoms with Gasteiger partial charge in [-0.15, -0.1) is 0 Å². The second-order valence-corrected chi connectivity index (χ2v) is 7.11. The van der Waals surface area contributed by atoms with E-state index in [9.17, 15) is 19.8 Å². The molecule has 0 aliphatic heterocycles. The Morgan fingerprint density at radius 3 is 1.48 bits per heavy atom. The smallest absolute Gasteiger partial charge is 0.194 e. The third kappa shape index (κ3) is 4.81. The molecule has 0 aliphatic rings. The molecule has 2 aromatic rings. The Morgan fingerprint density at radius 1 is 0.778 bits per heavy atom. The lowest BCUT2D eigenvalue weighted by Gasteiger charge is -2.23. The minimum Gasteiger partial charge on any atom is -0.457 e. The van der Waals surface area contributed by atoms with Crippen LogP contribution < -0.4 is 4.74 Å². The highest BCUT2D eigenvalue weighted by Gasteiger charge is 2.32. The number of carbonyl (C=O) groups is 2. The number of carbonyl (C=O) groups excluding carboxylic acids is 2. The van der Waals surface area contributed by atoms with Crippen LogP contribution in [0.4, 0.5) is 0 Å². The fourth-order valence-corrected chi connectivity index (χ4v) is 2.68. The minimum absolute atomic E-state index is 0.298. The van der Waals surface area contributed by atoms with Crippen molar-refractivity contribution in [1.82, 2.24) is 0 Å². The van der Waals surface area contributed by atoms with Crippen molar-refractivity contribution in [1.29, 1.82) is 0 Å². The van der Waals surface area contributed by atoms with Crippen molar-refractivity contribution in [2.24, 2.45) is 0 Å². The average Bonchev–Trinajstić information content (AvgIpc) is 2.66. The lowest BCUT2D eigenvalue weighted by Crippen LogP contribution is -2.37. The molecule has 2 rings (SSSR count). The molecule has 0 atom stereocenters. The topological polar surface area (TPSA) is 83.8 Å². The van der Waals surface area contributed by atoms with E-state index in [2.05, 4.69) is 0 Å². The molecule has 2 N–H and O–H groups in total. The molecular formula is C22H26O5. The molecule has 0 fully saturated rings. The Hall–Kier alpha value is -2.50. The van der Waals surface area contributed by atoms with Gasteiger partial charge < -0.3 is 14.9 Å². The number of ketones is 2. The van der Waals surface area contributed by atoms with Crippen LogP contribution in [0.3, 0.4) is 0 Å². The predicted molar refractivity (Wildman–Crippen MR) is 103 cm³/mol. The van der Waals surface area contributed by atoms with Gasteiger partial charge in [0.25, 0.3) is 0 Å². The van der Waals surface area contributed by atoms with Gasteiger partial charge in [0.05, 0.1) is 0 Å². The standard InChI is InChI=1S/C22H26O5/c1-5-22(26,6-2)20(24)16-9-13-18(14-10-16)27-17-11-7-15(8-12-17)19(23)21(3,4)25/h7-14,25-26H,5-6H2,1-4H3. The van der Waals surface area contributed by atoms with Crippen molar-refractivity contribution in [3.63, 3.8) is 0 Å². The molecule has 0 heterocycles. The van der Waals surface area contributed by atoms with Gasteiger partial charge in [0.15, 0.2) is 11.6 Å². The van der Waals surface area contributed by atoms with Gasteiger partial charge >= 0.3 is 0 Å². The quantitative estimate of drug-likeness (QED) is 0.682. The predicted octanol–water partition coefficient (Wildman–Crippen LogP) is 4.17. The molecular weight excluding hydrogens is 344 g/mol. The number of hydrogen-bond acceptors (Lipinski definition) is 5. The maximum Gasteiger partial charge on any atom is 0.194 e. The lowest BCUT2D eigenvalue weighted by atomic mass is 9.88. The van der Waals surface area contributed by atoms with E-state index in [0.29, 0.717) is 35.5 Å². The van der Waals surface area contributed by atoms with Crippen LogP contribution in [0.25, 0.3) is 0 Å². The van der Waals surface area contributed by atoms with Crippen molar-refractivity contribution in [2.75, 3.05) is 0 Å². The summed E-state index contributed by atoms with van der Waals surface area (Å²) in [6.45, 7) is 6.46. The summed E-state index contributed by atoms with van der Waals surface area (Å²) in [5.41, 5.74) is -1.94. The third-order valence-electron chi connectivity index (χ3n) is 4.62. The van der Waals surface area contributed by atoms with E-state index in [1.165, 1.54) is 13.8 Å². The zero-order valence-electron chi connectivity index (χ0n) is 16.2. The number of hydrogen-bond donors (Lipinski definition) is 2. The second-order valence-electron chi connectivity index (χ2n) is 7.11. The molecule has 0 unspecified atom stereocenters. The number of rotatable bonds is 8. The van der Waals surface area contributed by atoms with E-state index in [1.54, 1.807) is 62.4 Å². The molecule has 0 spiro atoms. The van der Waals surface area contributed by atoms with Crippen LogP contribution in [0.1, 0.15) is 61.3 Å². The molecule has 0 amide bonds. The average molecular weight is 370 g/mol. The van der Waals surface area contributed by atoms with Crippen molar-refractivity contribution < 1.29 is 24.5 Å². The molecule has 5 nitrogen and oxygen atoms in total. The van der Waals surface area contributed by atoms with E-state index in [-0.39, 0.29) is 11.6 Å². The zero-order chi connectivity index (χ0) is 20.2. The zero-order valence-corrected chi connectivity index (χ0v) is 16.2. The highest BCUT2D eigenvalue weighted by Crippen LogP contribution is 2.26. The Bertz CT molecular complexity index is 794. The van der Waals surface area contributed by atoms with E-state index in [1.807, 2.05) is 0 Å². The summed E-state index contributed by atoms with van der Waals surface area (Å²) in [7, 11) is 0. The van der Waals surface area contributed by atoms with Crippen LogP contribution in [0.2, 0.25) is 0 Å².